The van der Waals surface area contributed by atoms with E-state index in [1.165, 1.54) is 51.6 Å². The van der Waals surface area contributed by atoms with E-state index in [1.54, 1.807) is 0 Å². The molecule has 1 aliphatic rings. The fraction of sp³-hybridized carbons (Fsp3) is 1.00. The molecule has 0 radical (unpaired) electrons. The van der Waals surface area contributed by atoms with Gasteiger partial charge in [0, 0.05) is 0 Å². The molecule has 1 fully saturated rings. The van der Waals surface area contributed by atoms with Crippen LogP contribution in [0, 0.1) is 11.8 Å². The normalized spacial score (nSPS) is 18.2. The lowest BCUT2D eigenvalue weighted by atomic mass is 9.88. The van der Waals surface area contributed by atoms with Gasteiger partial charge in [-0.1, -0.05) is 39.5 Å². The third-order valence-electron chi connectivity index (χ3n) is 3.60. The van der Waals surface area contributed by atoms with Crippen LogP contribution in [0.1, 0.15) is 52.4 Å². The summed E-state index contributed by atoms with van der Waals surface area (Å²) in [6.45, 7) is 7.17. The standard InChI is InChI=1S/C12H25N.ClH/c1-3-11(4-2)5-6-12-7-9-13-10-8-12;/h11-13H,3-10H2,1-2H3;1H. The van der Waals surface area contributed by atoms with Gasteiger partial charge in [-0.25, -0.2) is 0 Å². The topological polar surface area (TPSA) is 12.0 Å². The van der Waals surface area contributed by atoms with Crippen molar-refractivity contribution in [1.82, 2.24) is 5.32 Å². The zero-order valence-corrected chi connectivity index (χ0v) is 10.5. The van der Waals surface area contributed by atoms with Crippen molar-refractivity contribution in [2.75, 3.05) is 13.1 Å². The first-order valence-electron chi connectivity index (χ1n) is 6.07. The highest BCUT2D eigenvalue weighted by Gasteiger charge is 2.14. The fourth-order valence-corrected chi connectivity index (χ4v) is 2.34. The van der Waals surface area contributed by atoms with Crippen LogP contribution in [-0.4, -0.2) is 13.1 Å². The molecule has 1 heterocycles. The molecule has 2 heteroatoms. The van der Waals surface area contributed by atoms with Gasteiger partial charge in [-0.05, 0) is 37.8 Å². The molecule has 86 valence electrons. The molecule has 1 N–H and O–H groups in total. The SMILES string of the molecule is CCC(CC)CCC1CCNCC1.Cl. The molecular weight excluding hydrogens is 194 g/mol. The molecule has 0 aromatic rings. The van der Waals surface area contributed by atoms with Gasteiger partial charge in [0.15, 0.2) is 0 Å². The van der Waals surface area contributed by atoms with Crippen molar-refractivity contribution in [3.63, 3.8) is 0 Å². The Hall–Kier alpha value is 0.250. The summed E-state index contributed by atoms with van der Waals surface area (Å²) in [5, 5.41) is 3.43. The van der Waals surface area contributed by atoms with Crippen molar-refractivity contribution in [3.8, 4) is 0 Å². The average Bonchev–Trinajstić information content (AvgIpc) is 2.21. The summed E-state index contributed by atoms with van der Waals surface area (Å²) in [4.78, 5) is 0. The second kappa shape index (κ2) is 8.55. The van der Waals surface area contributed by atoms with E-state index in [0.29, 0.717) is 0 Å². The molecule has 1 saturated heterocycles. The van der Waals surface area contributed by atoms with Crippen LogP contribution in [0.25, 0.3) is 0 Å². The summed E-state index contributed by atoms with van der Waals surface area (Å²) < 4.78 is 0. The summed E-state index contributed by atoms with van der Waals surface area (Å²) in [5.41, 5.74) is 0. The zero-order valence-electron chi connectivity index (χ0n) is 9.72. The lowest BCUT2D eigenvalue weighted by Gasteiger charge is -2.24. The van der Waals surface area contributed by atoms with E-state index in [-0.39, 0.29) is 12.4 Å². The summed E-state index contributed by atoms with van der Waals surface area (Å²) in [5.74, 6) is 2.02. The number of piperidine rings is 1. The third-order valence-corrected chi connectivity index (χ3v) is 3.60. The summed E-state index contributed by atoms with van der Waals surface area (Å²) in [6.07, 6.45) is 8.54. The van der Waals surface area contributed by atoms with Crippen LogP contribution in [0.4, 0.5) is 0 Å². The van der Waals surface area contributed by atoms with Crippen LogP contribution < -0.4 is 5.32 Å². The van der Waals surface area contributed by atoms with Gasteiger partial charge in [0.2, 0.25) is 0 Å². The molecular formula is C12H26ClN. The Morgan fingerprint density at radius 1 is 1.14 bits per heavy atom. The van der Waals surface area contributed by atoms with Crippen molar-refractivity contribution in [1.29, 1.82) is 0 Å². The van der Waals surface area contributed by atoms with Crippen molar-refractivity contribution in [2.45, 2.75) is 52.4 Å². The number of halogens is 1. The first-order chi connectivity index (χ1) is 6.36. The quantitative estimate of drug-likeness (QED) is 0.745. The maximum Gasteiger partial charge on any atom is -0.00463 e. The molecule has 1 aliphatic heterocycles. The Morgan fingerprint density at radius 2 is 1.71 bits per heavy atom. The van der Waals surface area contributed by atoms with E-state index in [2.05, 4.69) is 19.2 Å². The van der Waals surface area contributed by atoms with Crippen molar-refractivity contribution in [3.05, 3.63) is 0 Å². The Labute approximate surface area is 95.5 Å². The molecule has 0 unspecified atom stereocenters. The van der Waals surface area contributed by atoms with Crippen LogP contribution >= 0.6 is 12.4 Å². The lowest BCUT2D eigenvalue weighted by molar-refractivity contribution is 0.313. The van der Waals surface area contributed by atoms with Gasteiger partial charge in [-0.2, -0.15) is 0 Å². The number of hydrogen-bond donors (Lipinski definition) is 1. The molecule has 0 bridgehead atoms. The van der Waals surface area contributed by atoms with Crippen molar-refractivity contribution >= 4 is 12.4 Å². The molecule has 0 atom stereocenters. The van der Waals surface area contributed by atoms with E-state index in [1.807, 2.05) is 0 Å². The van der Waals surface area contributed by atoms with Crippen LogP contribution in [0.5, 0.6) is 0 Å². The highest BCUT2D eigenvalue weighted by atomic mass is 35.5. The van der Waals surface area contributed by atoms with Gasteiger partial charge in [-0.15, -0.1) is 12.4 Å². The second-order valence-electron chi connectivity index (χ2n) is 4.45. The molecule has 0 aliphatic carbocycles. The maximum atomic E-state index is 3.43. The Kier molecular flexibility index (Phi) is 8.70. The monoisotopic (exact) mass is 219 g/mol. The van der Waals surface area contributed by atoms with Gasteiger partial charge in [0.05, 0.1) is 0 Å². The van der Waals surface area contributed by atoms with Crippen molar-refractivity contribution < 1.29 is 0 Å². The smallest absolute Gasteiger partial charge is 0.00463 e. The van der Waals surface area contributed by atoms with E-state index >= 15 is 0 Å². The Balaban J connectivity index is 0.00000169. The Morgan fingerprint density at radius 3 is 2.21 bits per heavy atom. The van der Waals surface area contributed by atoms with Crippen LogP contribution in [0.15, 0.2) is 0 Å². The molecule has 0 saturated carbocycles. The lowest BCUT2D eigenvalue weighted by Crippen LogP contribution is -2.27. The predicted molar refractivity (Wildman–Crippen MR) is 66.1 cm³/mol. The van der Waals surface area contributed by atoms with E-state index in [0.717, 1.165) is 11.8 Å². The van der Waals surface area contributed by atoms with Gasteiger partial charge in [0.25, 0.3) is 0 Å². The Bertz CT molecular complexity index is 117. The van der Waals surface area contributed by atoms with Gasteiger partial charge < -0.3 is 5.32 Å². The molecule has 0 amide bonds. The summed E-state index contributed by atoms with van der Waals surface area (Å²) in [7, 11) is 0. The maximum absolute atomic E-state index is 3.43. The first-order valence-corrected chi connectivity index (χ1v) is 6.07. The number of rotatable bonds is 5. The molecule has 0 spiro atoms. The summed E-state index contributed by atoms with van der Waals surface area (Å²) in [6, 6.07) is 0. The van der Waals surface area contributed by atoms with Gasteiger partial charge >= 0.3 is 0 Å². The minimum Gasteiger partial charge on any atom is -0.317 e. The van der Waals surface area contributed by atoms with Crippen LogP contribution in [-0.2, 0) is 0 Å². The highest BCUT2D eigenvalue weighted by molar-refractivity contribution is 5.85. The third kappa shape index (κ3) is 5.21. The predicted octanol–water partition coefficient (Wildman–Crippen LogP) is 3.62. The zero-order chi connectivity index (χ0) is 9.52. The van der Waals surface area contributed by atoms with Crippen LogP contribution in [0.2, 0.25) is 0 Å². The number of hydrogen-bond acceptors (Lipinski definition) is 1. The minimum absolute atomic E-state index is 0. The van der Waals surface area contributed by atoms with Crippen molar-refractivity contribution in [2.24, 2.45) is 11.8 Å². The molecule has 14 heavy (non-hydrogen) atoms. The largest absolute Gasteiger partial charge is 0.317 e. The van der Waals surface area contributed by atoms with Gasteiger partial charge in [-0.3, -0.25) is 0 Å². The van der Waals surface area contributed by atoms with E-state index in [4.69, 9.17) is 0 Å². The first kappa shape index (κ1) is 14.2. The molecule has 1 nitrogen and oxygen atoms in total. The molecule has 0 aromatic heterocycles. The molecule has 0 aromatic carbocycles. The average molecular weight is 220 g/mol. The fourth-order valence-electron chi connectivity index (χ4n) is 2.34. The van der Waals surface area contributed by atoms with Gasteiger partial charge in [0.1, 0.15) is 0 Å². The van der Waals surface area contributed by atoms with E-state index < -0.39 is 0 Å². The van der Waals surface area contributed by atoms with Crippen LogP contribution in [0.3, 0.4) is 0 Å². The number of nitrogens with one attached hydrogen (secondary N) is 1. The molecule has 1 rings (SSSR count). The minimum atomic E-state index is 0. The highest BCUT2D eigenvalue weighted by Crippen LogP contribution is 2.23. The second-order valence-corrected chi connectivity index (χ2v) is 4.45. The van der Waals surface area contributed by atoms with E-state index in [9.17, 15) is 0 Å². The summed E-state index contributed by atoms with van der Waals surface area (Å²) >= 11 is 0.